The van der Waals surface area contributed by atoms with Crippen LogP contribution in [0.4, 0.5) is 0 Å². The van der Waals surface area contributed by atoms with Crippen LogP contribution in [0.2, 0.25) is 0 Å². The molecule has 3 rings (SSSR count). The van der Waals surface area contributed by atoms with E-state index in [0.29, 0.717) is 11.1 Å². The molecule has 0 amide bonds. The lowest BCUT2D eigenvalue weighted by Crippen LogP contribution is -2.10. The molecule has 0 saturated carbocycles. The lowest BCUT2D eigenvalue weighted by Gasteiger charge is -2.23. The van der Waals surface area contributed by atoms with Gasteiger partial charge in [0.15, 0.2) is 0 Å². The Labute approximate surface area is 159 Å². The Morgan fingerprint density at radius 2 is 1.26 bits per heavy atom. The third-order valence-corrected chi connectivity index (χ3v) is 5.38. The Morgan fingerprint density at radius 3 is 1.70 bits per heavy atom. The van der Waals surface area contributed by atoms with Gasteiger partial charge in [0, 0.05) is 17.4 Å². The summed E-state index contributed by atoms with van der Waals surface area (Å²) >= 11 is 0. The first-order valence-electron chi connectivity index (χ1n) is 9.11. The van der Waals surface area contributed by atoms with Gasteiger partial charge in [0.05, 0.1) is 0 Å². The first kappa shape index (κ1) is 18.7. The lowest BCUT2D eigenvalue weighted by atomic mass is 9.82. The third-order valence-electron chi connectivity index (χ3n) is 5.38. The average molecular weight is 360 g/mol. The van der Waals surface area contributed by atoms with Gasteiger partial charge in [-0.1, -0.05) is 80.6 Å². The number of hydrogen-bond acceptors (Lipinski definition) is 2. The Bertz CT molecular complexity index is 877. The van der Waals surface area contributed by atoms with Crippen LogP contribution in [0.3, 0.4) is 0 Å². The van der Waals surface area contributed by atoms with Crippen LogP contribution in [-0.4, -0.2) is 16.2 Å². The van der Waals surface area contributed by atoms with E-state index in [-0.39, 0.29) is 23.1 Å². The summed E-state index contributed by atoms with van der Waals surface area (Å²) < 4.78 is 0. The zero-order valence-electron chi connectivity index (χ0n) is 15.8. The fourth-order valence-electron chi connectivity index (χ4n) is 3.69. The summed E-state index contributed by atoms with van der Waals surface area (Å²) in [6, 6.07) is 21.8. The van der Waals surface area contributed by atoms with Crippen molar-refractivity contribution in [3.63, 3.8) is 0 Å². The number of carboxylic acid groups (broad SMARTS) is 1. The molecule has 0 spiro atoms. The number of aromatic hydroxyl groups is 1. The van der Waals surface area contributed by atoms with Gasteiger partial charge in [-0.25, -0.2) is 4.79 Å². The normalized spacial score (nSPS) is 13.1. The van der Waals surface area contributed by atoms with E-state index < -0.39 is 5.97 Å². The van der Waals surface area contributed by atoms with Crippen molar-refractivity contribution in [3.05, 3.63) is 100 Å². The molecule has 3 aromatic rings. The summed E-state index contributed by atoms with van der Waals surface area (Å²) in [5.74, 6) is -1.34. The van der Waals surface area contributed by atoms with Crippen molar-refractivity contribution >= 4 is 5.97 Å². The van der Waals surface area contributed by atoms with Crippen molar-refractivity contribution in [1.82, 2.24) is 0 Å². The van der Waals surface area contributed by atoms with Gasteiger partial charge in [-0.05, 0) is 29.2 Å². The minimum absolute atomic E-state index is 0.00642. The van der Waals surface area contributed by atoms with Crippen LogP contribution in [-0.2, 0) is 0 Å². The molecular formula is C24H24O3. The Hall–Kier alpha value is -3.07. The van der Waals surface area contributed by atoms with E-state index in [9.17, 15) is 15.0 Å². The molecule has 2 atom stereocenters. The van der Waals surface area contributed by atoms with Gasteiger partial charge < -0.3 is 10.2 Å². The van der Waals surface area contributed by atoms with Gasteiger partial charge >= 0.3 is 5.97 Å². The molecule has 138 valence electrons. The molecule has 2 unspecified atom stereocenters. The molecule has 0 fully saturated rings. The maximum absolute atomic E-state index is 11.9. The molecular weight excluding hydrogens is 336 g/mol. The average Bonchev–Trinajstić information content (AvgIpc) is 2.68. The van der Waals surface area contributed by atoms with Gasteiger partial charge in [0.25, 0.3) is 0 Å². The first-order chi connectivity index (χ1) is 12.9. The molecule has 2 N–H and O–H groups in total. The van der Waals surface area contributed by atoms with E-state index in [1.807, 2.05) is 73.7 Å². The Balaban J connectivity index is 2.20. The summed E-state index contributed by atoms with van der Waals surface area (Å²) in [7, 11) is 0. The summed E-state index contributed by atoms with van der Waals surface area (Å²) in [6.07, 6.45) is 0. The molecule has 3 aromatic carbocycles. The quantitative estimate of drug-likeness (QED) is 0.613. The van der Waals surface area contributed by atoms with Crippen LogP contribution >= 0.6 is 0 Å². The molecule has 0 saturated heterocycles. The SMILES string of the molecule is Cc1c(C(C)c2ccccc2)cc(C(C)c2ccccc2)c(O)c1C(=O)O. The maximum Gasteiger partial charge on any atom is 0.339 e. The zero-order valence-corrected chi connectivity index (χ0v) is 15.8. The second-order valence-corrected chi connectivity index (χ2v) is 6.97. The summed E-state index contributed by atoms with van der Waals surface area (Å²) in [5, 5.41) is 20.5. The molecule has 0 aliphatic carbocycles. The second kappa shape index (κ2) is 7.67. The monoisotopic (exact) mass is 360 g/mol. The van der Waals surface area contributed by atoms with E-state index in [4.69, 9.17) is 0 Å². The number of phenols is 1. The highest BCUT2D eigenvalue weighted by Crippen LogP contribution is 2.40. The minimum atomic E-state index is -1.10. The Kier molecular flexibility index (Phi) is 5.31. The number of hydrogen-bond donors (Lipinski definition) is 2. The summed E-state index contributed by atoms with van der Waals surface area (Å²) in [5.41, 5.74) is 4.32. The molecule has 0 aliphatic heterocycles. The van der Waals surface area contributed by atoms with E-state index in [1.54, 1.807) is 6.92 Å². The molecule has 0 bridgehead atoms. The number of carboxylic acids is 1. The van der Waals surface area contributed by atoms with E-state index >= 15 is 0 Å². The second-order valence-electron chi connectivity index (χ2n) is 6.97. The number of benzene rings is 3. The minimum Gasteiger partial charge on any atom is -0.507 e. The van der Waals surface area contributed by atoms with Crippen LogP contribution in [0.5, 0.6) is 5.75 Å². The van der Waals surface area contributed by atoms with Crippen LogP contribution in [0.25, 0.3) is 0 Å². The number of carbonyl (C=O) groups is 1. The van der Waals surface area contributed by atoms with Gasteiger partial charge in [-0.15, -0.1) is 0 Å². The van der Waals surface area contributed by atoms with Gasteiger partial charge in [-0.2, -0.15) is 0 Å². The van der Waals surface area contributed by atoms with Crippen molar-refractivity contribution < 1.29 is 15.0 Å². The van der Waals surface area contributed by atoms with Gasteiger partial charge in [0.1, 0.15) is 11.3 Å². The molecule has 0 aliphatic rings. The predicted octanol–water partition coefficient (Wildman–Crippen LogP) is 5.70. The maximum atomic E-state index is 11.9. The lowest BCUT2D eigenvalue weighted by molar-refractivity contribution is 0.0692. The topological polar surface area (TPSA) is 57.5 Å². The van der Waals surface area contributed by atoms with E-state index in [2.05, 4.69) is 6.92 Å². The van der Waals surface area contributed by atoms with Crippen LogP contribution in [0.1, 0.15) is 63.9 Å². The van der Waals surface area contributed by atoms with Crippen LogP contribution in [0, 0.1) is 6.92 Å². The van der Waals surface area contributed by atoms with Crippen molar-refractivity contribution in [2.45, 2.75) is 32.6 Å². The number of rotatable bonds is 5. The van der Waals surface area contributed by atoms with Crippen molar-refractivity contribution in [2.24, 2.45) is 0 Å². The van der Waals surface area contributed by atoms with Gasteiger partial charge in [0.2, 0.25) is 0 Å². The van der Waals surface area contributed by atoms with Crippen LogP contribution in [0.15, 0.2) is 66.7 Å². The summed E-state index contributed by atoms with van der Waals surface area (Å²) in [4.78, 5) is 11.9. The molecule has 0 radical (unpaired) electrons. The molecule has 3 nitrogen and oxygen atoms in total. The smallest absolute Gasteiger partial charge is 0.339 e. The standard InChI is InChI=1S/C24H24O3/c1-15(18-10-6-4-7-11-18)20-14-21(16(2)19-12-8-5-9-13-19)23(25)22(17(20)3)24(26)27/h4-16,25H,1-3H3,(H,26,27). The fraction of sp³-hybridized carbons (Fsp3) is 0.208. The fourth-order valence-corrected chi connectivity index (χ4v) is 3.69. The third kappa shape index (κ3) is 3.59. The molecule has 27 heavy (non-hydrogen) atoms. The van der Waals surface area contributed by atoms with Crippen molar-refractivity contribution in [1.29, 1.82) is 0 Å². The highest BCUT2D eigenvalue weighted by atomic mass is 16.4. The molecule has 0 aromatic heterocycles. The summed E-state index contributed by atoms with van der Waals surface area (Å²) in [6.45, 7) is 5.83. The first-order valence-corrected chi connectivity index (χ1v) is 9.11. The van der Waals surface area contributed by atoms with Crippen molar-refractivity contribution in [3.8, 4) is 5.75 Å². The molecule has 3 heteroatoms. The van der Waals surface area contributed by atoms with Crippen LogP contribution < -0.4 is 0 Å². The highest BCUT2D eigenvalue weighted by molar-refractivity contribution is 5.93. The van der Waals surface area contributed by atoms with E-state index in [0.717, 1.165) is 16.7 Å². The zero-order chi connectivity index (χ0) is 19.6. The number of aromatic carboxylic acids is 1. The predicted molar refractivity (Wildman–Crippen MR) is 108 cm³/mol. The largest absolute Gasteiger partial charge is 0.507 e. The highest BCUT2D eigenvalue weighted by Gasteiger charge is 2.25. The van der Waals surface area contributed by atoms with Crippen molar-refractivity contribution in [2.75, 3.05) is 0 Å². The Morgan fingerprint density at radius 1 is 0.815 bits per heavy atom. The molecule has 0 heterocycles. The van der Waals surface area contributed by atoms with E-state index in [1.165, 1.54) is 0 Å². The van der Waals surface area contributed by atoms with Gasteiger partial charge in [-0.3, -0.25) is 0 Å².